The zero-order valence-electron chi connectivity index (χ0n) is 10.3. The van der Waals surface area contributed by atoms with Crippen molar-refractivity contribution in [1.29, 1.82) is 0 Å². The van der Waals surface area contributed by atoms with E-state index in [0.29, 0.717) is 16.6 Å². The molecule has 1 aromatic heterocycles. The van der Waals surface area contributed by atoms with E-state index in [9.17, 15) is 0 Å². The normalized spacial score (nSPS) is 10.7. The third kappa shape index (κ3) is 2.32. The second-order valence-electron chi connectivity index (χ2n) is 4.27. The molecule has 2 aromatic carbocycles. The van der Waals surface area contributed by atoms with Crippen molar-refractivity contribution in [2.24, 2.45) is 0 Å². The van der Waals surface area contributed by atoms with E-state index < -0.39 is 0 Å². The molecule has 3 nitrogen and oxygen atoms in total. The first kappa shape index (κ1) is 13.2. The average molecular weight is 350 g/mol. The van der Waals surface area contributed by atoms with E-state index in [2.05, 4.69) is 21.1 Å². The number of rotatable bonds is 2. The summed E-state index contributed by atoms with van der Waals surface area (Å²) in [6.45, 7) is 0. The Bertz CT molecular complexity index is 756. The predicted molar refractivity (Wildman–Crippen MR) is 84.5 cm³/mol. The summed E-state index contributed by atoms with van der Waals surface area (Å²) in [6, 6.07) is 15.4. The molecule has 1 heterocycles. The first-order chi connectivity index (χ1) is 9.66. The third-order valence-electron chi connectivity index (χ3n) is 2.97. The zero-order chi connectivity index (χ0) is 14.1. The van der Waals surface area contributed by atoms with Gasteiger partial charge >= 0.3 is 0 Å². The Kier molecular flexibility index (Phi) is 3.51. The highest BCUT2D eigenvalue weighted by Gasteiger charge is 2.17. The molecule has 0 atom stereocenters. The topological polar surface area (TPSA) is 52.0 Å². The van der Waals surface area contributed by atoms with Crippen LogP contribution < -0.4 is 5.73 Å². The standard InChI is InChI=1S/C15H10BrClN2O/c16-11-8-10(6-7-12(11)17)14-13(15(18)20-19-14)9-4-2-1-3-5-9/h1-8H,18H2. The van der Waals surface area contributed by atoms with Crippen LogP contribution in [0.1, 0.15) is 0 Å². The molecular weight excluding hydrogens is 340 g/mol. The molecule has 0 fully saturated rings. The molecule has 0 radical (unpaired) electrons. The van der Waals surface area contributed by atoms with Gasteiger partial charge in [-0.05, 0) is 33.6 Å². The Hall–Kier alpha value is -1.78. The van der Waals surface area contributed by atoms with Gasteiger partial charge in [0.15, 0.2) is 0 Å². The van der Waals surface area contributed by atoms with E-state index in [-0.39, 0.29) is 0 Å². The maximum Gasteiger partial charge on any atom is 0.230 e. The van der Waals surface area contributed by atoms with Gasteiger partial charge in [-0.25, -0.2) is 0 Å². The number of nitrogens with zero attached hydrogens (tertiary/aromatic N) is 1. The van der Waals surface area contributed by atoms with Crippen molar-refractivity contribution >= 4 is 33.4 Å². The number of benzene rings is 2. The van der Waals surface area contributed by atoms with E-state index in [1.165, 1.54) is 0 Å². The zero-order valence-corrected chi connectivity index (χ0v) is 12.6. The highest BCUT2D eigenvalue weighted by Crippen LogP contribution is 2.37. The molecule has 3 aromatic rings. The average Bonchev–Trinajstić information content (AvgIpc) is 2.85. The molecule has 0 amide bonds. The lowest BCUT2D eigenvalue weighted by Gasteiger charge is -2.04. The highest BCUT2D eigenvalue weighted by atomic mass is 79.9. The number of nitrogen functional groups attached to an aromatic ring is 1. The molecular formula is C15H10BrClN2O. The van der Waals surface area contributed by atoms with Crippen molar-refractivity contribution in [1.82, 2.24) is 5.16 Å². The monoisotopic (exact) mass is 348 g/mol. The Morgan fingerprint density at radius 2 is 1.80 bits per heavy atom. The number of hydrogen-bond acceptors (Lipinski definition) is 3. The van der Waals surface area contributed by atoms with Crippen LogP contribution in [0.25, 0.3) is 22.4 Å². The fraction of sp³-hybridized carbons (Fsp3) is 0. The summed E-state index contributed by atoms with van der Waals surface area (Å²) in [5, 5.41) is 4.71. The number of hydrogen-bond donors (Lipinski definition) is 1. The maximum absolute atomic E-state index is 6.01. The van der Waals surface area contributed by atoms with Crippen LogP contribution in [-0.4, -0.2) is 5.16 Å². The number of halogens is 2. The van der Waals surface area contributed by atoms with Crippen LogP contribution in [0.2, 0.25) is 5.02 Å². The quantitative estimate of drug-likeness (QED) is 0.708. The summed E-state index contributed by atoms with van der Waals surface area (Å²) in [5.74, 6) is 0.303. The summed E-state index contributed by atoms with van der Waals surface area (Å²) >= 11 is 9.42. The lowest BCUT2D eigenvalue weighted by Crippen LogP contribution is -1.87. The summed E-state index contributed by atoms with van der Waals surface area (Å²) in [5.41, 5.74) is 9.26. The largest absolute Gasteiger partial charge is 0.367 e. The molecule has 0 saturated heterocycles. The number of anilines is 1. The third-order valence-corrected chi connectivity index (χ3v) is 4.19. The minimum atomic E-state index is 0.303. The van der Waals surface area contributed by atoms with Crippen LogP contribution in [0.4, 0.5) is 5.88 Å². The lowest BCUT2D eigenvalue weighted by atomic mass is 10.0. The molecule has 5 heteroatoms. The molecule has 0 aliphatic rings. The van der Waals surface area contributed by atoms with Gasteiger partial charge in [-0.2, -0.15) is 0 Å². The van der Waals surface area contributed by atoms with Crippen LogP contribution in [0.3, 0.4) is 0 Å². The van der Waals surface area contributed by atoms with Crippen LogP contribution in [0.15, 0.2) is 57.5 Å². The van der Waals surface area contributed by atoms with Gasteiger partial charge in [-0.1, -0.05) is 53.2 Å². The predicted octanol–water partition coefficient (Wildman–Crippen LogP) is 5.01. The Labute approximate surface area is 129 Å². The van der Waals surface area contributed by atoms with E-state index in [4.69, 9.17) is 21.9 Å². The van der Waals surface area contributed by atoms with E-state index in [1.54, 1.807) is 6.07 Å². The van der Waals surface area contributed by atoms with Gasteiger partial charge in [0.2, 0.25) is 5.88 Å². The summed E-state index contributed by atoms with van der Waals surface area (Å²) in [7, 11) is 0. The maximum atomic E-state index is 6.01. The van der Waals surface area contributed by atoms with Crippen molar-refractivity contribution in [3.8, 4) is 22.4 Å². The van der Waals surface area contributed by atoms with Gasteiger partial charge in [-0.15, -0.1) is 0 Å². The van der Waals surface area contributed by atoms with Crippen LogP contribution in [0, 0.1) is 0 Å². The van der Waals surface area contributed by atoms with Crippen molar-refractivity contribution in [2.45, 2.75) is 0 Å². The van der Waals surface area contributed by atoms with Crippen molar-refractivity contribution in [3.05, 3.63) is 58.0 Å². The second-order valence-corrected chi connectivity index (χ2v) is 5.53. The van der Waals surface area contributed by atoms with Crippen LogP contribution in [-0.2, 0) is 0 Å². The fourth-order valence-corrected chi connectivity index (χ4v) is 2.52. The van der Waals surface area contributed by atoms with Crippen LogP contribution >= 0.6 is 27.5 Å². The van der Waals surface area contributed by atoms with Crippen LogP contribution in [0.5, 0.6) is 0 Å². The lowest BCUT2D eigenvalue weighted by molar-refractivity contribution is 0.439. The Morgan fingerprint density at radius 3 is 2.50 bits per heavy atom. The fourth-order valence-electron chi connectivity index (χ4n) is 2.03. The molecule has 2 N–H and O–H groups in total. The minimum absolute atomic E-state index is 0.303. The molecule has 0 aliphatic carbocycles. The number of nitrogens with two attached hydrogens (primary N) is 1. The molecule has 0 saturated carbocycles. The molecule has 0 unspecified atom stereocenters. The van der Waals surface area contributed by atoms with E-state index >= 15 is 0 Å². The Morgan fingerprint density at radius 1 is 1.05 bits per heavy atom. The van der Waals surface area contributed by atoms with E-state index in [0.717, 1.165) is 21.2 Å². The second kappa shape index (κ2) is 5.31. The minimum Gasteiger partial charge on any atom is -0.367 e. The van der Waals surface area contributed by atoms with Gasteiger partial charge in [0.25, 0.3) is 0 Å². The summed E-state index contributed by atoms with van der Waals surface area (Å²) in [6.07, 6.45) is 0. The molecule has 0 aliphatic heterocycles. The SMILES string of the molecule is Nc1onc(-c2ccc(Cl)c(Br)c2)c1-c1ccccc1. The van der Waals surface area contributed by atoms with Crippen molar-refractivity contribution in [2.75, 3.05) is 5.73 Å². The van der Waals surface area contributed by atoms with E-state index in [1.807, 2.05) is 42.5 Å². The van der Waals surface area contributed by atoms with Crippen molar-refractivity contribution < 1.29 is 4.52 Å². The Balaban J connectivity index is 2.18. The van der Waals surface area contributed by atoms with Crippen molar-refractivity contribution in [3.63, 3.8) is 0 Å². The molecule has 100 valence electrons. The summed E-state index contributed by atoms with van der Waals surface area (Å²) in [4.78, 5) is 0. The van der Waals surface area contributed by atoms with Gasteiger partial charge in [-0.3, -0.25) is 0 Å². The summed E-state index contributed by atoms with van der Waals surface area (Å²) < 4.78 is 5.96. The number of aromatic nitrogens is 1. The first-order valence-corrected chi connectivity index (χ1v) is 7.10. The molecule has 20 heavy (non-hydrogen) atoms. The highest BCUT2D eigenvalue weighted by molar-refractivity contribution is 9.10. The molecule has 0 spiro atoms. The molecule has 0 bridgehead atoms. The van der Waals surface area contributed by atoms with Gasteiger partial charge < -0.3 is 10.3 Å². The first-order valence-electron chi connectivity index (χ1n) is 5.93. The smallest absolute Gasteiger partial charge is 0.230 e. The van der Waals surface area contributed by atoms with Gasteiger partial charge in [0.1, 0.15) is 5.69 Å². The van der Waals surface area contributed by atoms with Gasteiger partial charge in [0.05, 0.1) is 10.6 Å². The molecule has 3 rings (SSSR count). The van der Waals surface area contributed by atoms with Gasteiger partial charge in [0, 0.05) is 10.0 Å².